The van der Waals surface area contributed by atoms with Gasteiger partial charge in [0.15, 0.2) is 12.5 Å². The van der Waals surface area contributed by atoms with Crippen LogP contribution in [0.4, 0.5) is 5.95 Å². The van der Waals surface area contributed by atoms with Crippen molar-refractivity contribution >= 4 is 17.5 Å². The molecule has 0 aliphatic carbocycles. The van der Waals surface area contributed by atoms with E-state index >= 15 is 0 Å². The summed E-state index contributed by atoms with van der Waals surface area (Å²) >= 11 is 6.01. The van der Waals surface area contributed by atoms with Crippen LogP contribution in [0, 0.1) is 5.41 Å². The van der Waals surface area contributed by atoms with E-state index in [-0.39, 0.29) is 24.3 Å². The normalized spacial score (nSPS) is 20.1. The molecule has 9 heteroatoms. The minimum absolute atomic E-state index is 0.0108. The zero-order valence-electron chi connectivity index (χ0n) is 16.0. The quantitative estimate of drug-likeness (QED) is 0.775. The van der Waals surface area contributed by atoms with Crippen molar-refractivity contribution < 1.29 is 9.47 Å². The maximum atomic E-state index is 6.33. The standard InChI is InChI=1S/C18H25ClN6O2/c1-18(2,3)16-12(20)5-6-25(16)17-22-9-13(23-24-17)15-14(27-10-26-4)7-11(19)8-21-15/h7-9,12,16H,5-6,10,20H2,1-4H3. The topological polar surface area (TPSA) is 99.3 Å². The van der Waals surface area contributed by atoms with Gasteiger partial charge in [0.25, 0.3) is 0 Å². The zero-order valence-corrected chi connectivity index (χ0v) is 16.8. The maximum Gasteiger partial charge on any atom is 0.245 e. The molecule has 27 heavy (non-hydrogen) atoms. The summed E-state index contributed by atoms with van der Waals surface area (Å²) in [7, 11) is 1.54. The number of ether oxygens (including phenoxy) is 2. The highest BCUT2D eigenvalue weighted by atomic mass is 35.5. The van der Waals surface area contributed by atoms with Crippen LogP contribution in [-0.2, 0) is 4.74 Å². The van der Waals surface area contributed by atoms with Gasteiger partial charge in [-0.1, -0.05) is 32.4 Å². The molecule has 3 heterocycles. The summed E-state index contributed by atoms with van der Waals surface area (Å²) < 4.78 is 10.5. The summed E-state index contributed by atoms with van der Waals surface area (Å²) in [6.45, 7) is 7.41. The first-order chi connectivity index (χ1) is 12.8. The number of pyridine rings is 1. The van der Waals surface area contributed by atoms with Crippen molar-refractivity contribution in [3.63, 3.8) is 0 Å². The predicted molar refractivity (Wildman–Crippen MR) is 104 cm³/mol. The van der Waals surface area contributed by atoms with Crippen molar-refractivity contribution in [3.05, 3.63) is 23.5 Å². The van der Waals surface area contributed by atoms with Gasteiger partial charge < -0.3 is 20.1 Å². The molecule has 2 N–H and O–H groups in total. The van der Waals surface area contributed by atoms with Crippen molar-refractivity contribution in [3.8, 4) is 17.1 Å². The molecule has 2 aromatic heterocycles. The molecule has 0 aromatic carbocycles. The number of anilines is 1. The van der Waals surface area contributed by atoms with E-state index in [2.05, 4.69) is 45.8 Å². The minimum Gasteiger partial charge on any atom is -0.465 e. The summed E-state index contributed by atoms with van der Waals surface area (Å²) in [5, 5.41) is 9.10. The molecule has 1 saturated heterocycles. The van der Waals surface area contributed by atoms with Crippen LogP contribution in [0.25, 0.3) is 11.4 Å². The third-order valence-corrected chi connectivity index (χ3v) is 4.74. The number of methoxy groups -OCH3 is 1. The lowest BCUT2D eigenvalue weighted by atomic mass is 9.83. The van der Waals surface area contributed by atoms with Gasteiger partial charge in [0.2, 0.25) is 5.95 Å². The highest BCUT2D eigenvalue weighted by Crippen LogP contribution is 2.34. The van der Waals surface area contributed by atoms with Gasteiger partial charge in [0.1, 0.15) is 11.4 Å². The lowest BCUT2D eigenvalue weighted by Crippen LogP contribution is -2.48. The fraction of sp³-hybridized carbons (Fsp3) is 0.556. The lowest BCUT2D eigenvalue weighted by molar-refractivity contribution is 0.0513. The number of aromatic nitrogens is 4. The fourth-order valence-electron chi connectivity index (χ4n) is 3.51. The van der Waals surface area contributed by atoms with Crippen LogP contribution in [0.1, 0.15) is 27.2 Å². The Hall–Kier alpha value is -2.03. The Morgan fingerprint density at radius 2 is 2.04 bits per heavy atom. The monoisotopic (exact) mass is 392 g/mol. The van der Waals surface area contributed by atoms with Crippen LogP contribution in [0.2, 0.25) is 5.02 Å². The Labute approximate surface area is 164 Å². The lowest BCUT2D eigenvalue weighted by Gasteiger charge is -2.37. The summed E-state index contributed by atoms with van der Waals surface area (Å²) in [4.78, 5) is 11.0. The Morgan fingerprint density at radius 1 is 1.26 bits per heavy atom. The van der Waals surface area contributed by atoms with Crippen LogP contribution in [0.15, 0.2) is 18.5 Å². The summed E-state index contributed by atoms with van der Waals surface area (Å²) in [5.74, 6) is 1.03. The van der Waals surface area contributed by atoms with Gasteiger partial charge in [-0.25, -0.2) is 9.97 Å². The van der Waals surface area contributed by atoms with E-state index in [0.29, 0.717) is 28.1 Å². The molecule has 1 fully saturated rings. The van der Waals surface area contributed by atoms with Crippen LogP contribution in [0.3, 0.4) is 0 Å². The molecular formula is C18H25ClN6O2. The van der Waals surface area contributed by atoms with Gasteiger partial charge >= 0.3 is 0 Å². The number of rotatable bonds is 5. The average molecular weight is 393 g/mol. The van der Waals surface area contributed by atoms with Gasteiger partial charge in [-0.3, -0.25) is 0 Å². The van der Waals surface area contributed by atoms with E-state index < -0.39 is 0 Å². The molecule has 3 rings (SSSR count). The second-order valence-electron chi connectivity index (χ2n) is 7.65. The van der Waals surface area contributed by atoms with Gasteiger partial charge in [0.05, 0.1) is 17.3 Å². The molecule has 2 unspecified atom stereocenters. The predicted octanol–water partition coefficient (Wildman–Crippen LogP) is 2.52. The van der Waals surface area contributed by atoms with E-state index in [9.17, 15) is 0 Å². The molecule has 0 amide bonds. The van der Waals surface area contributed by atoms with Crippen molar-refractivity contribution in [1.29, 1.82) is 0 Å². The van der Waals surface area contributed by atoms with Crippen LogP contribution < -0.4 is 15.4 Å². The molecule has 1 aliphatic heterocycles. The van der Waals surface area contributed by atoms with Crippen LogP contribution in [-0.4, -0.2) is 52.7 Å². The summed E-state index contributed by atoms with van der Waals surface area (Å²) in [5.41, 5.74) is 7.34. The molecule has 146 valence electrons. The van der Waals surface area contributed by atoms with E-state index in [4.69, 9.17) is 26.8 Å². The van der Waals surface area contributed by atoms with Crippen molar-refractivity contribution in [2.75, 3.05) is 25.3 Å². The minimum atomic E-state index is 0.0108. The molecular weight excluding hydrogens is 368 g/mol. The van der Waals surface area contributed by atoms with Crippen LogP contribution in [0.5, 0.6) is 5.75 Å². The van der Waals surface area contributed by atoms with Crippen molar-refractivity contribution in [2.45, 2.75) is 39.3 Å². The van der Waals surface area contributed by atoms with Crippen LogP contribution >= 0.6 is 11.6 Å². The fourth-order valence-corrected chi connectivity index (χ4v) is 3.65. The first-order valence-electron chi connectivity index (χ1n) is 8.81. The number of nitrogens with zero attached hydrogens (tertiary/aromatic N) is 5. The number of hydrogen-bond acceptors (Lipinski definition) is 8. The highest BCUT2D eigenvalue weighted by Gasteiger charge is 2.41. The van der Waals surface area contributed by atoms with E-state index in [1.807, 2.05) is 0 Å². The molecule has 2 aromatic rings. The number of halogens is 1. The number of nitrogens with two attached hydrogens (primary N) is 1. The smallest absolute Gasteiger partial charge is 0.245 e. The van der Waals surface area contributed by atoms with Crippen molar-refractivity contribution in [1.82, 2.24) is 20.2 Å². The van der Waals surface area contributed by atoms with Crippen molar-refractivity contribution in [2.24, 2.45) is 11.1 Å². The maximum absolute atomic E-state index is 6.33. The van der Waals surface area contributed by atoms with E-state index in [1.165, 1.54) is 6.20 Å². The molecule has 0 radical (unpaired) electrons. The molecule has 0 spiro atoms. The third-order valence-electron chi connectivity index (χ3n) is 4.53. The van der Waals surface area contributed by atoms with Gasteiger partial charge in [0, 0.05) is 32.0 Å². The van der Waals surface area contributed by atoms with Gasteiger partial charge in [-0.2, -0.15) is 0 Å². The average Bonchev–Trinajstić information content (AvgIpc) is 3.02. The largest absolute Gasteiger partial charge is 0.465 e. The summed E-state index contributed by atoms with van der Waals surface area (Å²) in [6.07, 6.45) is 4.07. The first-order valence-corrected chi connectivity index (χ1v) is 9.18. The zero-order chi connectivity index (χ0) is 19.6. The highest BCUT2D eigenvalue weighted by molar-refractivity contribution is 6.30. The Morgan fingerprint density at radius 3 is 2.67 bits per heavy atom. The summed E-state index contributed by atoms with van der Waals surface area (Å²) in [6, 6.07) is 1.90. The van der Waals surface area contributed by atoms with Gasteiger partial charge in [-0.05, 0) is 11.8 Å². The second kappa shape index (κ2) is 7.92. The van der Waals surface area contributed by atoms with Gasteiger partial charge in [-0.15, -0.1) is 10.2 Å². The second-order valence-corrected chi connectivity index (χ2v) is 8.09. The Kier molecular flexibility index (Phi) is 5.78. The molecule has 0 bridgehead atoms. The first kappa shape index (κ1) is 19.7. The SMILES string of the molecule is COCOc1cc(Cl)cnc1-c1cnc(N2CCC(N)C2C(C)(C)C)nn1. The molecule has 0 saturated carbocycles. The van der Waals surface area contributed by atoms with E-state index in [1.54, 1.807) is 19.4 Å². The molecule has 8 nitrogen and oxygen atoms in total. The number of hydrogen-bond donors (Lipinski definition) is 1. The molecule has 2 atom stereocenters. The van der Waals surface area contributed by atoms with E-state index in [0.717, 1.165) is 13.0 Å². The molecule has 1 aliphatic rings. The Balaban J connectivity index is 1.88. The third kappa shape index (κ3) is 4.28. The Bertz CT molecular complexity index is 780.